The molecule has 3 rings (SSSR count). The number of carbonyl (C=O) groups excluding carboxylic acids is 1. The fourth-order valence-corrected chi connectivity index (χ4v) is 2.34. The van der Waals surface area contributed by atoms with Crippen molar-refractivity contribution in [2.75, 3.05) is 0 Å². The molecule has 1 aromatic heterocycles. The van der Waals surface area contributed by atoms with Crippen molar-refractivity contribution in [2.45, 2.75) is 25.4 Å². The number of alkyl halides is 3. The van der Waals surface area contributed by atoms with Crippen molar-refractivity contribution < 1.29 is 18.0 Å². The molecule has 0 spiro atoms. The highest BCUT2D eigenvalue weighted by atomic mass is 19.4. The Morgan fingerprint density at radius 3 is 2.58 bits per heavy atom. The van der Waals surface area contributed by atoms with Gasteiger partial charge in [-0.3, -0.25) is 4.79 Å². The summed E-state index contributed by atoms with van der Waals surface area (Å²) in [6.07, 6.45) is -3.83. The number of rotatable bonds is 3. The molecule has 1 heterocycles. The van der Waals surface area contributed by atoms with E-state index in [0.29, 0.717) is 10.9 Å². The molecule has 0 saturated heterocycles. The van der Waals surface area contributed by atoms with Crippen LogP contribution in [-0.4, -0.2) is 16.9 Å². The highest BCUT2D eigenvalue weighted by molar-refractivity contribution is 6.04. The zero-order valence-corrected chi connectivity index (χ0v) is 10.1. The van der Waals surface area contributed by atoms with E-state index in [9.17, 15) is 18.0 Å². The summed E-state index contributed by atoms with van der Waals surface area (Å²) < 4.78 is 38.0. The summed E-state index contributed by atoms with van der Waals surface area (Å²) in [4.78, 5) is 14.9. The number of fused-ring (bicyclic) bond motifs is 1. The van der Waals surface area contributed by atoms with Crippen molar-refractivity contribution in [3.8, 4) is 0 Å². The number of hydrogen-bond donors (Lipinski definition) is 1. The highest BCUT2D eigenvalue weighted by Gasteiger charge is 2.36. The van der Waals surface area contributed by atoms with Crippen LogP contribution in [0.5, 0.6) is 0 Å². The van der Waals surface area contributed by atoms with Crippen LogP contribution >= 0.6 is 0 Å². The second kappa shape index (κ2) is 4.11. The molecule has 5 heteroatoms. The van der Waals surface area contributed by atoms with Crippen LogP contribution in [0.3, 0.4) is 0 Å². The number of aromatic amines is 1. The average Bonchev–Trinajstić information content (AvgIpc) is 3.12. The van der Waals surface area contributed by atoms with Crippen molar-refractivity contribution in [3.05, 3.63) is 35.5 Å². The van der Waals surface area contributed by atoms with E-state index in [2.05, 4.69) is 4.98 Å². The molecular weight excluding hydrogens is 255 g/mol. The summed E-state index contributed by atoms with van der Waals surface area (Å²) in [5, 5.41) is 0.490. The summed E-state index contributed by atoms with van der Waals surface area (Å²) in [5.41, 5.74) is 0.812. The van der Waals surface area contributed by atoms with Gasteiger partial charge in [-0.25, -0.2) is 0 Å². The van der Waals surface area contributed by atoms with Gasteiger partial charge in [-0.1, -0.05) is 18.2 Å². The summed E-state index contributed by atoms with van der Waals surface area (Å²) in [6, 6.07) is 6.73. The molecule has 0 unspecified atom stereocenters. The maximum Gasteiger partial charge on any atom is 0.393 e. The van der Waals surface area contributed by atoms with E-state index in [4.69, 9.17) is 0 Å². The lowest BCUT2D eigenvalue weighted by Crippen LogP contribution is -2.15. The molecule has 0 radical (unpaired) electrons. The number of benzene rings is 1. The van der Waals surface area contributed by atoms with Crippen molar-refractivity contribution in [1.29, 1.82) is 0 Å². The van der Waals surface area contributed by atoms with Gasteiger partial charge in [0.05, 0.1) is 12.1 Å². The Kier molecular flexibility index (Phi) is 2.66. The molecule has 0 amide bonds. The van der Waals surface area contributed by atoms with Crippen molar-refractivity contribution in [3.63, 3.8) is 0 Å². The summed E-state index contributed by atoms with van der Waals surface area (Å²) in [6.45, 7) is 0. The van der Waals surface area contributed by atoms with Gasteiger partial charge in [0.2, 0.25) is 0 Å². The normalized spacial score (nSPS) is 15.9. The molecule has 0 atom stereocenters. The van der Waals surface area contributed by atoms with Gasteiger partial charge in [-0.2, -0.15) is 13.2 Å². The Morgan fingerprint density at radius 2 is 1.95 bits per heavy atom. The predicted octanol–water partition coefficient (Wildman–Crippen LogP) is 3.87. The number of carbonyl (C=O) groups is 1. The number of nitrogens with one attached hydrogen (secondary N) is 1. The maximum absolute atomic E-state index is 12.7. The Balaban J connectivity index is 2.13. The largest absolute Gasteiger partial charge is 0.393 e. The van der Waals surface area contributed by atoms with Crippen molar-refractivity contribution in [2.24, 2.45) is 5.92 Å². The molecule has 1 fully saturated rings. The molecule has 2 aromatic rings. The van der Waals surface area contributed by atoms with Crippen molar-refractivity contribution in [1.82, 2.24) is 4.98 Å². The molecule has 1 aromatic carbocycles. The van der Waals surface area contributed by atoms with E-state index >= 15 is 0 Å². The monoisotopic (exact) mass is 267 g/mol. The van der Waals surface area contributed by atoms with Gasteiger partial charge in [0.15, 0.2) is 5.78 Å². The fraction of sp³-hybridized carbons (Fsp3) is 0.357. The zero-order chi connectivity index (χ0) is 13.6. The molecule has 19 heavy (non-hydrogen) atoms. The summed E-state index contributed by atoms with van der Waals surface area (Å²) >= 11 is 0. The molecule has 1 aliphatic carbocycles. The molecule has 0 aliphatic heterocycles. The molecule has 100 valence electrons. The van der Waals surface area contributed by atoms with Crippen LogP contribution in [0.2, 0.25) is 0 Å². The maximum atomic E-state index is 12.7. The van der Waals surface area contributed by atoms with Crippen molar-refractivity contribution >= 4 is 16.7 Å². The van der Waals surface area contributed by atoms with Gasteiger partial charge >= 0.3 is 6.18 Å². The Bertz CT molecular complexity index is 638. The van der Waals surface area contributed by atoms with Gasteiger partial charge in [0, 0.05) is 16.8 Å². The molecule has 2 nitrogen and oxygen atoms in total. The van der Waals surface area contributed by atoms with Crippen LogP contribution in [0.1, 0.15) is 28.9 Å². The fourth-order valence-electron chi connectivity index (χ4n) is 2.34. The number of H-pyrrole nitrogens is 1. The van der Waals surface area contributed by atoms with Gasteiger partial charge < -0.3 is 4.98 Å². The van der Waals surface area contributed by atoms with Gasteiger partial charge in [0.1, 0.15) is 0 Å². The van der Waals surface area contributed by atoms with Crippen LogP contribution in [-0.2, 0) is 6.42 Å². The second-order valence-electron chi connectivity index (χ2n) is 4.95. The quantitative estimate of drug-likeness (QED) is 0.841. The second-order valence-corrected chi connectivity index (χ2v) is 4.95. The number of para-hydroxylation sites is 1. The third kappa shape index (κ3) is 2.37. The van der Waals surface area contributed by atoms with E-state index < -0.39 is 12.6 Å². The van der Waals surface area contributed by atoms with Crippen LogP contribution in [0.15, 0.2) is 24.3 Å². The highest BCUT2D eigenvalue weighted by Crippen LogP contribution is 2.36. The first-order valence-corrected chi connectivity index (χ1v) is 6.16. The molecule has 1 N–H and O–H groups in total. The lowest BCUT2D eigenvalue weighted by atomic mass is 10.0. The first kappa shape index (κ1) is 12.3. The summed E-state index contributed by atoms with van der Waals surface area (Å²) in [7, 11) is 0. The number of ketones is 1. The van der Waals surface area contributed by atoms with E-state index in [-0.39, 0.29) is 23.0 Å². The summed E-state index contributed by atoms with van der Waals surface area (Å²) in [5.74, 6) is -0.282. The number of Topliss-reactive ketones (excluding diaryl/α,β-unsaturated/α-hetero) is 1. The first-order chi connectivity index (χ1) is 8.96. The topological polar surface area (TPSA) is 32.9 Å². The van der Waals surface area contributed by atoms with Gasteiger partial charge in [-0.15, -0.1) is 0 Å². The van der Waals surface area contributed by atoms with Crippen LogP contribution < -0.4 is 0 Å². The lowest BCUT2D eigenvalue weighted by Gasteiger charge is -2.07. The number of hydrogen-bond acceptors (Lipinski definition) is 1. The van der Waals surface area contributed by atoms with Gasteiger partial charge in [0.25, 0.3) is 0 Å². The van der Waals surface area contributed by atoms with E-state index in [1.54, 1.807) is 24.3 Å². The minimum absolute atomic E-state index is 0.0833. The molecule has 1 saturated carbocycles. The van der Waals surface area contributed by atoms with E-state index in [1.165, 1.54) is 0 Å². The molecular formula is C14H12F3NO. The minimum atomic E-state index is -4.32. The smallest absolute Gasteiger partial charge is 0.352 e. The van der Waals surface area contributed by atoms with Crippen LogP contribution in [0.4, 0.5) is 13.2 Å². The van der Waals surface area contributed by atoms with E-state index in [0.717, 1.165) is 12.8 Å². The lowest BCUT2D eigenvalue weighted by molar-refractivity contribution is -0.127. The van der Waals surface area contributed by atoms with E-state index in [1.807, 2.05) is 0 Å². The number of aromatic nitrogens is 1. The van der Waals surface area contributed by atoms with Gasteiger partial charge in [-0.05, 0) is 24.5 Å². The first-order valence-electron chi connectivity index (χ1n) is 6.16. The number of halogens is 3. The average molecular weight is 267 g/mol. The SMILES string of the molecule is O=C(c1[nH]c2ccccc2c1CC(F)(F)F)C1CC1. The van der Waals surface area contributed by atoms with Crippen LogP contribution in [0, 0.1) is 5.92 Å². The van der Waals surface area contributed by atoms with Crippen LogP contribution in [0.25, 0.3) is 10.9 Å². The Labute approximate surface area is 107 Å². The Morgan fingerprint density at radius 1 is 1.26 bits per heavy atom. The third-order valence-corrected chi connectivity index (χ3v) is 3.39. The molecule has 0 bridgehead atoms. The molecule has 1 aliphatic rings. The predicted molar refractivity (Wildman–Crippen MR) is 65.1 cm³/mol. The third-order valence-electron chi connectivity index (χ3n) is 3.39. The minimum Gasteiger partial charge on any atom is -0.352 e. The Hall–Kier alpha value is -1.78. The standard InChI is InChI=1S/C14H12F3NO/c15-14(16,17)7-10-9-3-1-2-4-11(9)18-12(10)13(19)8-5-6-8/h1-4,8,18H,5-7H2. The zero-order valence-electron chi connectivity index (χ0n) is 10.1.